The van der Waals surface area contributed by atoms with E-state index in [-0.39, 0.29) is 11.5 Å². The molecule has 2 aliphatic carbocycles. The van der Waals surface area contributed by atoms with Crippen molar-refractivity contribution >= 4 is 0 Å². The molecular formula is C17H22N2O3. The van der Waals surface area contributed by atoms with Crippen LogP contribution in [0.4, 0.5) is 0 Å². The smallest absolute Gasteiger partial charge is 0.188 e. The van der Waals surface area contributed by atoms with E-state index in [0.29, 0.717) is 17.7 Å². The number of rotatable bonds is 1. The van der Waals surface area contributed by atoms with Crippen LogP contribution < -0.4 is 15.5 Å². The third kappa shape index (κ3) is 1.32. The molecule has 1 saturated heterocycles. The van der Waals surface area contributed by atoms with Crippen LogP contribution in [0.25, 0.3) is 0 Å². The van der Waals surface area contributed by atoms with E-state index >= 15 is 0 Å². The van der Waals surface area contributed by atoms with Gasteiger partial charge in [0.2, 0.25) is 0 Å². The number of likely N-dealkylation sites (tertiary alicyclic amines) is 1. The molecule has 0 amide bonds. The Balaban J connectivity index is 1.80. The van der Waals surface area contributed by atoms with Gasteiger partial charge in [-0.05, 0) is 56.8 Å². The predicted molar refractivity (Wildman–Crippen MR) is 80.8 cm³/mol. The van der Waals surface area contributed by atoms with Crippen molar-refractivity contribution in [3.8, 4) is 11.5 Å². The molecule has 1 saturated carbocycles. The first-order valence-corrected chi connectivity index (χ1v) is 8.25. The highest BCUT2D eigenvalue weighted by Gasteiger charge is 2.65. The van der Waals surface area contributed by atoms with Crippen molar-refractivity contribution in [2.45, 2.75) is 49.3 Å². The van der Waals surface area contributed by atoms with E-state index in [1.165, 1.54) is 11.1 Å². The molecule has 22 heavy (non-hydrogen) atoms. The molecule has 2 fully saturated rings. The summed E-state index contributed by atoms with van der Waals surface area (Å²) in [5, 5.41) is 10.6. The number of aliphatic hydroxyl groups excluding tert-OH is 1. The summed E-state index contributed by atoms with van der Waals surface area (Å²) in [6, 6.07) is 4.60. The first-order chi connectivity index (χ1) is 10.7. The summed E-state index contributed by atoms with van der Waals surface area (Å²) >= 11 is 0. The molecule has 3 N–H and O–H groups in total. The minimum atomic E-state index is -0.399. The zero-order valence-electron chi connectivity index (χ0n) is 12.8. The Morgan fingerprint density at radius 2 is 2.27 bits per heavy atom. The van der Waals surface area contributed by atoms with Gasteiger partial charge in [-0.3, -0.25) is 0 Å². The van der Waals surface area contributed by atoms with Gasteiger partial charge in [-0.25, -0.2) is 0 Å². The van der Waals surface area contributed by atoms with Gasteiger partial charge in [0.25, 0.3) is 0 Å². The van der Waals surface area contributed by atoms with Gasteiger partial charge in [0.15, 0.2) is 11.5 Å². The molecule has 4 aliphatic rings. The second kappa shape index (κ2) is 4.16. The lowest BCUT2D eigenvalue weighted by Gasteiger charge is -2.58. The summed E-state index contributed by atoms with van der Waals surface area (Å²) in [4.78, 5) is 7.55. The van der Waals surface area contributed by atoms with Gasteiger partial charge in [0, 0.05) is 17.0 Å². The van der Waals surface area contributed by atoms with E-state index < -0.39 is 6.10 Å². The predicted octanol–water partition coefficient (Wildman–Crippen LogP) is 0.969. The van der Waals surface area contributed by atoms with E-state index in [0.717, 1.165) is 38.0 Å². The minimum absolute atomic E-state index is 0.0493. The van der Waals surface area contributed by atoms with Gasteiger partial charge < -0.3 is 19.6 Å². The number of benzene rings is 1. The minimum Gasteiger partial charge on any atom is -0.482 e. The Hall–Kier alpha value is -1.30. The maximum atomic E-state index is 10.6. The fraction of sp³-hybridized carbons (Fsp3) is 0.647. The number of piperidine rings is 1. The number of nitrogens with zero attached hydrogens (tertiary/aromatic N) is 1. The van der Waals surface area contributed by atoms with Crippen LogP contribution in [0.5, 0.6) is 11.5 Å². The van der Waals surface area contributed by atoms with Crippen LogP contribution in [-0.2, 0) is 11.8 Å². The molecule has 1 aromatic carbocycles. The molecule has 5 rings (SSSR count). The van der Waals surface area contributed by atoms with Gasteiger partial charge >= 0.3 is 0 Å². The van der Waals surface area contributed by atoms with Crippen LogP contribution in [0, 0.1) is 5.92 Å². The summed E-state index contributed by atoms with van der Waals surface area (Å²) < 4.78 is 6.27. The van der Waals surface area contributed by atoms with E-state index in [1.807, 2.05) is 6.07 Å². The van der Waals surface area contributed by atoms with Crippen LogP contribution in [0.1, 0.15) is 30.4 Å². The molecule has 1 spiro atoms. The van der Waals surface area contributed by atoms with Crippen molar-refractivity contribution < 1.29 is 14.7 Å². The average molecular weight is 302 g/mol. The highest BCUT2D eigenvalue weighted by Crippen LogP contribution is 2.63. The van der Waals surface area contributed by atoms with Gasteiger partial charge in [-0.15, -0.1) is 0 Å². The van der Waals surface area contributed by atoms with Crippen LogP contribution in [-0.4, -0.2) is 41.8 Å². The monoisotopic (exact) mass is 302 g/mol. The maximum Gasteiger partial charge on any atom is 0.188 e. The molecule has 2 heterocycles. The number of ether oxygens (including phenoxy) is 1. The zero-order valence-corrected chi connectivity index (χ0v) is 12.8. The second-order valence-electron chi connectivity index (χ2n) is 7.38. The zero-order chi connectivity index (χ0) is 15.1. The molecule has 1 aromatic rings. The Morgan fingerprint density at radius 1 is 1.41 bits per heavy atom. The highest BCUT2D eigenvalue weighted by molar-refractivity contribution is 5.61. The number of aliphatic hydroxyl groups is 1. The van der Waals surface area contributed by atoms with E-state index in [1.54, 1.807) is 0 Å². The normalized spacial score (nSPS) is 41.8. The first-order valence-electron chi connectivity index (χ1n) is 8.25. The average Bonchev–Trinajstić information content (AvgIpc) is 2.88. The molecule has 2 aliphatic heterocycles. The first kappa shape index (κ1) is 13.2. The van der Waals surface area contributed by atoms with Crippen LogP contribution in [0.3, 0.4) is 0 Å². The molecule has 5 atom stereocenters. The maximum absolute atomic E-state index is 10.6. The van der Waals surface area contributed by atoms with E-state index in [2.05, 4.69) is 18.0 Å². The summed E-state index contributed by atoms with van der Waals surface area (Å²) in [6.45, 7) is 1.06. The molecule has 2 bridgehead atoms. The van der Waals surface area contributed by atoms with Crippen molar-refractivity contribution in [3.63, 3.8) is 0 Å². The third-order valence-corrected chi connectivity index (χ3v) is 6.68. The summed E-state index contributed by atoms with van der Waals surface area (Å²) in [6.07, 6.45) is 3.45. The van der Waals surface area contributed by atoms with Gasteiger partial charge in [-0.2, -0.15) is 5.90 Å². The molecule has 0 aromatic heterocycles. The van der Waals surface area contributed by atoms with Crippen molar-refractivity contribution in [2.24, 2.45) is 11.8 Å². The summed E-state index contributed by atoms with van der Waals surface area (Å²) in [5.41, 5.74) is 2.58. The number of hydrogen-bond acceptors (Lipinski definition) is 5. The molecule has 118 valence electrons. The Bertz CT molecular complexity index is 649. The second-order valence-corrected chi connectivity index (χ2v) is 7.38. The van der Waals surface area contributed by atoms with Crippen molar-refractivity contribution in [1.82, 2.24) is 4.90 Å². The van der Waals surface area contributed by atoms with E-state index in [4.69, 9.17) is 15.5 Å². The third-order valence-electron chi connectivity index (χ3n) is 6.68. The fourth-order valence-electron chi connectivity index (χ4n) is 5.79. The highest BCUT2D eigenvalue weighted by atomic mass is 16.6. The Labute approximate surface area is 129 Å². The van der Waals surface area contributed by atoms with Gasteiger partial charge in [0.05, 0.1) is 6.10 Å². The summed E-state index contributed by atoms with van der Waals surface area (Å²) in [7, 11) is 2.23. The van der Waals surface area contributed by atoms with Crippen LogP contribution in [0.2, 0.25) is 0 Å². The number of likely N-dealkylation sites (N-methyl/N-ethyl adjacent to an activating group) is 1. The fourth-order valence-corrected chi connectivity index (χ4v) is 5.79. The largest absolute Gasteiger partial charge is 0.482 e. The lowest BCUT2D eigenvalue weighted by Crippen LogP contribution is -2.66. The van der Waals surface area contributed by atoms with Crippen molar-refractivity contribution in [2.75, 3.05) is 13.6 Å². The van der Waals surface area contributed by atoms with Crippen molar-refractivity contribution in [3.05, 3.63) is 23.3 Å². The van der Waals surface area contributed by atoms with E-state index in [9.17, 15) is 5.11 Å². The van der Waals surface area contributed by atoms with Gasteiger partial charge in [0.1, 0.15) is 6.10 Å². The van der Waals surface area contributed by atoms with Crippen LogP contribution >= 0.6 is 0 Å². The lowest BCUT2D eigenvalue weighted by atomic mass is 9.51. The SMILES string of the molecule is CN1CC[C@]23c4c5ccc(ON)c4O[C@H]2[C@@H](O)CC[C@H]3[C@H]1C5. The topological polar surface area (TPSA) is 68.0 Å². The lowest BCUT2D eigenvalue weighted by molar-refractivity contribution is -0.0993. The standard InChI is InChI=1S/C17H22N2O3/c1-19-7-6-17-10-3-4-12(20)16(17)21-15-13(22-18)5-2-9(14(15)17)8-11(10)19/h2,5,10-12,16,20H,3-4,6-8,18H2,1H3/t10-,11+,12-,16-,17-/m0/s1. The quantitative estimate of drug-likeness (QED) is 0.757. The number of hydrogen-bond donors (Lipinski definition) is 2. The summed E-state index contributed by atoms with van der Waals surface area (Å²) in [5.74, 6) is 7.40. The van der Waals surface area contributed by atoms with Gasteiger partial charge in [-0.1, -0.05) is 6.07 Å². The molecular weight excluding hydrogens is 280 g/mol. The van der Waals surface area contributed by atoms with Crippen LogP contribution in [0.15, 0.2) is 12.1 Å². The Morgan fingerprint density at radius 3 is 3.09 bits per heavy atom. The molecule has 5 nitrogen and oxygen atoms in total. The Kier molecular flexibility index (Phi) is 2.49. The molecule has 5 heteroatoms. The molecule has 0 unspecified atom stereocenters. The molecule has 0 radical (unpaired) electrons. The number of nitrogens with two attached hydrogens (primary N) is 1. The van der Waals surface area contributed by atoms with Crippen molar-refractivity contribution in [1.29, 1.82) is 0 Å².